The fourth-order valence-corrected chi connectivity index (χ4v) is 1.61. The Morgan fingerprint density at radius 3 is 2.84 bits per heavy atom. The lowest BCUT2D eigenvalue weighted by atomic mass is 10.2. The van der Waals surface area contributed by atoms with Gasteiger partial charge in [0.1, 0.15) is 18.4 Å². The fourth-order valence-electron chi connectivity index (χ4n) is 1.61. The van der Waals surface area contributed by atoms with E-state index < -0.39 is 0 Å². The number of nitrogens with zero attached hydrogens (tertiary/aromatic N) is 4. The molecule has 0 aliphatic rings. The number of azide groups is 1. The van der Waals surface area contributed by atoms with Crippen LogP contribution in [0, 0.1) is 11.3 Å². The summed E-state index contributed by atoms with van der Waals surface area (Å²) in [5.41, 5.74) is 10.3. The van der Waals surface area contributed by atoms with E-state index in [0.717, 1.165) is 5.56 Å². The van der Waals surface area contributed by atoms with Crippen LogP contribution in [0.25, 0.3) is 10.4 Å². The molecular weight excluding hydrogens is 240 g/mol. The van der Waals surface area contributed by atoms with E-state index in [1.807, 2.05) is 12.1 Å². The van der Waals surface area contributed by atoms with Gasteiger partial charge in [0.2, 0.25) is 0 Å². The standard InChI is InChI=1S/C14H10N4O/c15-9-12-5-1-2-7-14(12)19-10-11-4-3-6-13(8-11)17-18-16/h1-8H,10H2. The molecule has 0 fully saturated rings. The minimum atomic E-state index is 0.313. The molecule has 0 spiro atoms. The summed E-state index contributed by atoms with van der Waals surface area (Å²) in [5, 5.41) is 12.5. The fraction of sp³-hybridized carbons (Fsp3) is 0.0714. The summed E-state index contributed by atoms with van der Waals surface area (Å²) in [6.07, 6.45) is 0. The second kappa shape index (κ2) is 6.10. The Labute approximate surface area is 110 Å². The van der Waals surface area contributed by atoms with E-state index in [0.29, 0.717) is 23.6 Å². The predicted molar refractivity (Wildman–Crippen MR) is 70.7 cm³/mol. The third kappa shape index (κ3) is 3.25. The lowest BCUT2D eigenvalue weighted by molar-refractivity contribution is 0.305. The summed E-state index contributed by atoms with van der Waals surface area (Å²) in [4.78, 5) is 2.73. The van der Waals surface area contributed by atoms with Crippen molar-refractivity contribution < 1.29 is 4.74 Å². The molecule has 0 unspecified atom stereocenters. The van der Waals surface area contributed by atoms with E-state index in [9.17, 15) is 0 Å². The third-order valence-corrected chi connectivity index (χ3v) is 2.47. The highest BCUT2D eigenvalue weighted by molar-refractivity contribution is 5.43. The molecule has 92 valence electrons. The van der Waals surface area contributed by atoms with Crippen LogP contribution < -0.4 is 4.74 Å². The minimum Gasteiger partial charge on any atom is -0.488 e. The van der Waals surface area contributed by atoms with Gasteiger partial charge in [-0.3, -0.25) is 0 Å². The molecular formula is C14H10N4O. The molecule has 0 saturated heterocycles. The van der Waals surface area contributed by atoms with Crippen LogP contribution in [0.4, 0.5) is 5.69 Å². The van der Waals surface area contributed by atoms with Crippen LogP contribution in [-0.4, -0.2) is 0 Å². The molecule has 0 saturated carbocycles. The quantitative estimate of drug-likeness (QED) is 0.465. The Hall–Kier alpha value is -2.96. The average molecular weight is 250 g/mol. The lowest BCUT2D eigenvalue weighted by Crippen LogP contribution is -1.96. The van der Waals surface area contributed by atoms with Gasteiger partial charge in [-0.1, -0.05) is 35.4 Å². The van der Waals surface area contributed by atoms with Gasteiger partial charge in [-0.2, -0.15) is 5.26 Å². The van der Waals surface area contributed by atoms with E-state index in [-0.39, 0.29) is 0 Å². The van der Waals surface area contributed by atoms with Gasteiger partial charge >= 0.3 is 0 Å². The molecule has 2 rings (SSSR count). The van der Waals surface area contributed by atoms with Crippen LogP contribution in [-0.2, 0) is 6.61 Å². The minimum absolute atomic E-state index is 0.313. The van der Waals surface area contributed by atoms with Crippen molar-refractivity contribution >= 4 is 5.69 Å². The van der Waals surface area contributed by atoms with Gasteiger partial charge in [-0.05, 0) is 29.3 Å². The van der Waals surface area contributed by atoms with Crippen molar-refractivity contribution in [3.63, 3.8) is 0 Å². The zero-order valence-corrected chi connectivity index (χ0v) is 10.0. The number of ether oxygens (including phenoxy) is 1. The SMILES string of the molecule is N#Cc1ccccc1OCc1cccc(N=[N+]=[N-])c1. The Bertz CT molecular complexity index is 669. The van der Waals surface area contributed by atoms with Crippen LogP contribution >= 0.6 is 0 Å². The first-order chi connectivity index (χ1) is 9.33. The van der Waals surface area contributed by atoms with Gasteiger partial charge < -0.3 is 4.74 Å². The van der Waals surface area contributed by atoms with Crippen molar-refractivity contribution in [3.8, 4) is 11.8 Å². The first-order valence-electron chi connectivity index (χ1n) is 5.59. The topological polar surface area (TPSA) is 81.8 Å². The Morgan fingerprint density at radius 2 is 2.05 bits per heavy atom. The molecule has 2 aromatic carbocycles. The number of para-hydroxylation sites is 1. The monoisotopic (exact) mass is 250 g/mol. The lowest BCUT2D eigenvalue weighted by Gasteiger charge is -2.07. The van der Waals surface area contributed by atoms with Crippen LogP contribution in [0.1, 0.15) is 11.1 Å². The summed E-state index contributed by atoms with van der Waals surface area (Å²) in [6.45, 7) is 0.313. The first-order valence-corrected chi connectivity index (χ1v) is 5.59. The highest BCUT2D eigenvalue weighted by Gasteiger charge is 2.02. The summed E-state index contributed by atoms with van der Waals surface area (Å²) in [7, 11) is 0. The Kier molecular flexibility index (Phi) is 4.01. The Balaban J connectivity index is 2.12. The highest BCUT2D eigenvalue weighted by atomic mass is 16.5. The van der Waals surface area contributed by atoms with Crippen LogP contribution in [0.3, 0.4) is 0 Å². The van der Waals surface area contributed by atoms with Gasteiger partial charge in [0.15, 0.2) is 0 Å². The van der Waals surface area contributed by atoms with Crippen molar-refractivity contribution in [2.75, 3.05) is 0 Å². The van der Waals surface area contributed by atoms with Gasteiger partial charge in [-0.15, -0.1) is 0 Å². The maximum atomic E-state index is 8.94. The van der Waals surface area contributed by atoms with Gasteiger partial charge in [-0.25, -0.2) is 0 Å². The van der Waals surface area contributed by atoms with Crippen LogP contribution in [0.5, 0.6) is 5.75 Å². The molecule has 0 aromatic heterocycles. The normalized spacial score (nSPS) is 9.21. The largest absolute Gasteiger partial charge is 0.488 e. The van der Waals surface area contributed by atoms with Gasteiger partial charge in [0.05, 0.1) is 5.56 Å². The second-order valence-electron chi connectivity index (χ2n) is 3.76. The average Bonchev–Trinajstić information content (AvgIpc) is 2.46. The van der Waals surface area contributed by atoms with Crippen molar-refractivity contribution in [3.05, 3.63) is 70.1 Å². The zero-order valence-electron chi connectivity index (χ0n) is 10.0. The molecule has 0 heterocycles. The summed E-state index contributed by atoms with van der Waals surface area (Å²) >= 11 is 0. The van der Waals surface area contributed by atoms with E-state index in [1.165, 1.54) is 0 Å². The molecule has 0 aliphatic heterocycles. The number of nitriles is 1. The summed E-state index contributed by atoms with van der Waals surface area (Å²) in [6, 6.07) is 16.2. The summed E-state index contributed by atoms with van der Waals surface area (Å²) < 4.78 is 5.59. The molecule has 0 radical (unpaired) electrons. The molecule has 0 atom stereocenters. The summed E-state index contributed by atoms with van der Waals surface area (Å²) in [5.74, 6) is 0.541. The van der Waals surface area contributed by atoms with Crippen molar-refractivity contribution in [2.24, 2.45) is 5.11 Å². The maximum Gasteiger partial charge on any atom is 0.137 e. The van der Waals surface area contributed by atoms with E-state index in [4.69, 9.17) is 15.5 Å². The predicted octanol–water partition coefficient (Wildman–Crippen LogP) is 4.08. The number of hydrogen-bond donors (Lipinski definition) is 0. The molecule has 0 amide bonds. The van der Waals surface area contributed by atoms with Gasteiger partial charge in [0, 0.05) is 10.6 Å². The highest BCUT2D eigenvalue weighted by Crippen LogP contribution is 2.20. The van der Waals surface area contributed by atoms with Crippen molar-refractivity contribution in [1.82, 2.24) is 0 Å². The molecule has 5 heteroatoms. The Morgan fingerprint density at radius 1 is 1.21 bits per heavy atom. The van der Waals surface area contributed by atoms with Crippen molar-refractivity contribution in [2.45, 2.75) is 6.61 Å². The van der Waals surface area contributed by atoms with E-state index in [2.05, 4.69) is 16.1 Å². The molecule has 0 N–H and O–H groups in total. The van der Waals surface area contributed by atoms with Crippen LogP contribution in [0.2, 0.25) is 0 Å². The smallest absolute Gasteiger partial charge is 0.137 e. The molecule has 2 aromatic rings. The maximum absolute atomic E-state index is 8.94. The number of benzene rings is 2. The first kappa shape index (κ1) is 12.5. The van der Waals surface area contributed by atoms with E-state index >= 15 is 0 Å². The van der Waals surface area contributed by atoms with Crippen LogP contribution in [0.15, 0.2) is 53.6 Å². The number of rotatable bonds is 4. The van der Waals surface area contributed by atoms with E-state index in [1.54, 1.807) is 36.4 Å². The molecule has 0 bridgehead atoms. The second-order valence-corrected chi connectivity index (χ2v) is 3.76. The third-order valence-electron chi connectivity index (χ3n) is 2.47. The number of hydrogen-bond acceptors (Lipinski definition) is 3. The zero-order chi connectivity index (χ0) is 13.5. The van der Waals surface area contributed by atoms with Gasteiger partial charge in [0.25, 0.3) is 0 Å². The molecule has 0 aliphatic carbocycles. The molecule has 5 nitrogen and oxygen atoms in total. The van der Waals surface area contributed by atoms with Crippen molar-refractivity contribution in [1.29, 1.82) is 5.26 Å². The molecule has 19 heavy (non-hydrogen) atoms.